The molecule has 0 radical (unpaired) electrons. The molecule has 0 aliphatic rings. The molecule has 72 heavy (non-hydrogen) atoms. The molecule has 338 valence electrons. The van der Waals surface area contributed by atoms with Crippen molar-refractivity contribution < 1.29 is 0 Å². The smallest absolute Gasteiger partial charge is 0.0620 e. The third kappa shape index (κ3) is 7.73. The summed E-state index contributed by atoms with van der Waals surface area (Å²) in [7, 11) is 0. The molecule has 0 spiro atoms. The average Bonchev–Trinajstić information content (AvgIpc) is 4.11. The molecule has 0 bridgehead atoms. The minimum atomic E-state index is 1.12. The molecular weight excluding hydrogens is 869 g/mol. The van der Waals surface area contributed by atoms with Crippen LogP contribution in [-0.4, -0.2) is 9.13 Å². The van der Waals surface area contributed by atoms with Crippen molar-refractivity contribution in [2.24, 2.45) is 0 Å². The van der Waals surface area contributed by atoms with Crippen molar-refractivity contribution in [2.45, 2.75) is 0 Å². The van der Waals surface area contributed by atoms with Gasteiger partial charge in [-0.3, -0.25) is 0 Å². The van der Waals surface area contributed by atoms with Crippen molar-refractivity contribution in [1.82, 2.24) is 9.13 Å². The largest absolute Gasteiger partial charge is 0.308 e. The lowest BCUT2D eigenvalue weighted by Gasteiger charge is -2.25. The van der Waals surface area contributed by atoms with E-state index in [0.29, 0.717) is 0 Å². The minimum absolute atomic E-state index is 1.12. The van der Waals surface area contributed by atoms with E-state index in [1.807, 2.05) is 0 Å². The van der Waals surface area contributed by atoms with Crippen molar-refractivity contribution in [2.75, 3.05) is 0 Å². The third-order valence-corrected chi connectivity index (χ3v) is 14.2. The summed E-state index contributed by atoms with van der Waals surface area (Å²) in [4.78, 5) is 0. The molecule has 2 heteroatoms. The van der Waals surface area contributed by atoms with E-state index in [0.717, 1.165) is 100 Å². The molecule has 2 aromatic heterocycles. The van der Waals surface area contributed by atoms with Gasteiger partial charge in [0.2, 0.25) is 0 Å². The van der Waals surface area contributed by atoms with Crippen LogP contribution in [0.15, 0.2) is 291 Å². The highest BCUT2D eigenvalue weighted by atomic mass is 15.0. The Labute approximate surface area is 420 Å². The number of fused-ring (bicyclic) bond motifs is 2. The number of rotatable bonds is 10. The van der Waals surface area contributed by atoms with Gasteiger partial charge in [0, 0.05) is 21.5 Å². The molecule has 2 heterocycles. The number of hydrogen-bond donors (Lipinski definition) is 0. The highest BCUT2D eigenvalue weighted by molar-refractivity contribution is 6.17. The Balaban J connectivity index is 1.16. The SMILES string of the molecule is c1ccc(-c2ccc(-c3ccc4c(-n5c(-c6ccccc6)ccc5-c5ccccc5)c5cc(-c6ccc(-c7ccccc7)cc6)ccc5c(-n5c(-c6ccccc6)ccc5-c5ccccc5)c4c3)cc2)cc1. The molecule has 0 saturated carbocycles. The van der Waals surface area contributed by atoms with E-state index in [-0.39, 0.29) is 0 Å². The molecule has 0 atom stereocenters. The van der Waals surface area contributed by atoms with E-state index in [1.165, 1.54) is 22.3 Å². The van der Waals surface area contributed by atoms with Crippen LogP contribution in [0.5, 0.6) is 0 Å². The van der Waals surface area contributed by atoms with Gasteiger partial charge in [0.1, 0.15) is 0 Å². The molecule has 0 N–H and O–H groups in total. The Bertz CT molecular complexity index is 3620. The molecular formula is C70H48N2. The molecule has 0 fully saturated rings. The van der Waals surface area contributed by atoms with Crippen LogP contribution in [0.1, 0.15) is 0 Å². The lowest BCUT2D eigenvalue weighted by Crippen LogP contribution is -2.07. The maximum absolute atomic E-state index is 2.53. The van der Waals surface area contributed by atoms with Gasteiger partial charge >= 0.3 is 0 Å². The first-order valence-corrected chi connectivity index (χ1v) is 24.7. The van der Waals surface area contributed by atoms with Gasteiger partial charge < -0.3 is 9.13 Å². The van der Waals surface area contributed by atoms with Gasteiger partial charge in [-0.15, -0.1) is 0 Å². The fraction of sp³-hybridized carbons (Fsp3) is 0. The standard InChI is InChI=1S/C70H48N2/c1-7-19-49(20-8-1)51-31-35-53(36-32-51)59-39-41-61-63(47-59)69(71-65(55-23-11-3-12-24-55)43-44-66(71)56-25-13-4-14-26-56)62-42-40-60(54-37-33-52(34-38-54)50-21-9-2-10-22-50)48-64(62)70(61)72-67(57-27-15-5-16-28-57)45-46-68(72)58-29-17-6-18-30-58/h1-48H. The van der Waals surface area contributed by atoms with Crippen LogP contribution in [0.4, 0.5) is 0 Å². The van der Waals surface area contributed by atoms with Crippen LogP contribution in [0.2, 0.25) is 0 Å². The van der Waals surface area contributed by atoms with Gasteiger partial charge in [-0.1, -0.05) is 255 Å². The van der Waals surface area contributed by atoms with Crippen LogP contribution in [0, 0.1) is 0 Å². The van der Waals surface area contributed by atoms with Gasteiger partial charge in [-0.25, -0.2) is 0 Å². The van der Waals surface area contributed by atoms with Gasteiger partial charge in [0.15, 0.2) is 0 Å². The normalized spacial score (nSPS) is 11.3. The topological polar surface area (TPSA) is 9.86 Å². The Hall–Kier alpha value is -9.50. The number of benzene rings is 11. The number of aromatic nitrogens is 2. The Morgan fingerprint density at radius 3 is 0.625 bits per heavy atom. The minimum Gasteiger partial charge on any atom is -0.308 e. The summed E-state index contributed by atoms with van der Waals surface area (Å²) in [5.74, 6) is 0. The molecule has 0 aliphatic carbocycles. The molecule has 0 aliphatic heterocycles. The van der Waals surface area contributed by atoms with E-state index < -0.39 is 0 Å². The first kappa shape index (κ1) is 42.6. The average molecular weight is 917 g/mol. The van der Waals surface area contributed by atoms with Crippen molar-refractivity contribution in [3.8, 4) is 101 Å². The van der Waals surface area contributed by atoms with Crippen LogP contribution >= 0.6 is 0 Å². The highest BCUT2D eigenvalue weighted by Crippen LogP contribution is 2.47. The van der Waals surface area contributed by atoms with E-state index in [1.54, 1.807) is 0 Å². The van der Waals surface area contributed by atoms with Gasteiger partial charge in [0.05, 0.1) is 34.2 Å². The summed E-state index contributed by atoms with van der Waals surface area (Å²) in [6.45, 7) is 0. The molecule has 0 amide bonds. The first-order chi connectivity index (χ1) is 35.7. The summed E-state index contributed by atoms with van der Waals surface area (Å²) >= 11 is 0. The van der Waals surface area contributed by atoms with Crippen molar-refractivity contribution >= 4 is 21.5 Å². The Morgan fingerprint density at radius 2 is 0.361 bits per heavy atom. The van der Waals surface area contributed by atoms with Gasteiger partial charge in [-0.2, -0.15) is 0 Å². The zero-order chi connectivity index (χ0) is 47.8. The highest BCUT2D eigenvalue weighted by Gasteiger charge is 2.25. The summed E-state index contributed by atoms with van der Waals surface area (Å²) in [5.41, 5.74) is 20.8. The fourth-order valence-electron chi connectivity index (χ4n) is 10.7. The lowest BCUT2D eigenvalue weighted by molar-refractivity contribution is 1.10. The van der Waals surface area contributed by atoms with E-state index in [2.05, 4.69) is 300 Å². The Kier molecular flexibility index (Phi) is 10.9. The maximum atomic E-state index is 2.53. The quantitative estimate of drug-likeness (QED) is 0.121. The maximum Gasteiger partial charge on any atom is 0.0620 e. The molecule has 2 nitrogen and oxygen atoms in total. The monoisotopic (exact) mass is 916 g/mol. The lowest BCUT2D eigenvalue weighted by atomic mass is 9.91. The number of nitrogens with zero attached hydrogens (tertiary/aromatic N) is 2. The predicted octanol–water partition coefficient (Wildman–Crippen LogP) is 18.9. The third-order valence-electron chi connectivity index (χ3n) is 14.2. The summed E-state index contributed by atoms with van der Waals surface area (Å²) in [6, 6.07) is 106. The zero-order valence-electron chi connectivity index (χ0n) is 39.6. The molecule has 0 saturated heterocycles. The van der Waals surface area contributed by atoms with Crippen LogP contribution in [-0.2, 0) is 0 Å². The second-order valence-electron chi connectivity index (χ2n) is 18.4. The van der Waals surface area contributed by atoms with Crippen LogP contribution in [0.25, 0.3) is 122 Å². The van der Waals surface area contributed by atoms with Crippen molar-refractivity contribution in [1.29, 1.82) is 0 Å². The van der Waals surface area contributed by atoms with Crippen molar-refractivity contribution in [3.05, 3.63) is 291 Å². The molecule has 0 unspecified atom stereocenters. The van der Waals surface area contributed by atoms with Crippen LogP contribution in [0.3, 0.4) is 0 Å². The van der Waals surface area contributed by atoms with E-state index >= 15 is 0 Å². The molecule has 13 aromatic rings. The van der Waals surface area contributed by atoms with Gasteiger partial charge in [-0.05, 0) is 103 Å². The van der Waals surface area contributed by atoms with E-state index in [4.69, 9.17) is 0 Å². The predicted molar refractivity (Wildman–Crippen MR) is 304 cm³/mol. The first-order valence-electron chi connectivity index (χ1n) is 24.7. The van der Waals surface area contributed by atoms with Gasteiger partial charge in [0.25, 0.3) is 0 Å². The Morgan fingerprint density at radius 1 is 0.153 bits per heavy atom. The summed E-state index contributed by atoms with van der Waals surface area (Å²) < 4.78 is 5.06. The van der Waals surface area contributed by atoms with Crippen LogP contribution < -0.4 is 0 Å². The van der Waals surface area contributed by atoms with E-state index in [9.17, 15) is 0 Å². The van der Waals surface area contributed by atoms with Crippen molar-refractivity contribution in [3.63, 3.8) is 0 Å². The summed E-state index contributed by atoms with van der Waals surface area (Å²) in [5, 5.41) is 4.60. The fourth-order valence-corrected chi connectivity index (χ4v) is 10.7. The number of hydrogen-bond acceptors (Lipinski definition) is 0. The molecule has 11 aromatic carbocycles. The summed E-state index contributed by atoms with van der Waals surface area (Å²) in [6.07, 6.45) is 0. The second-order valence-corrected chi connectivity index (χ2v) is 18.4. The zero-order valence-corrected chi connectivity index (χ0v) is 39.6. The second kappa shape index (κ2) is 18.4. The molecule has 13 rings (SSSR count).